The average molecular weight is 386 g/mol. The van der Waals surface area contributed by atoms with E-state index in [1.807, 2.05) is 0 Å². The van der Waals surface area contributed by atoms with Crippen LogP contribution in [0.4, 0.5) is 5.69 Å². The van der Waals surface area contributed by atoms with Gasteiger partial charge in [0.25, 0.3) is 5.69 Å². The van der Waals surface area contributed by atoms with Crippen LogP contribution < -0.4 is 9.47 Å². The van der Waals surface area contributed by atoms with Crippen LogP contribution >= 0.6 is 0 Å². The lowest BCUT2D eigenvalue weighted by Gasteiger charge is -2.35. The first-order chi connectivity index (χ1) is 12.2. The second kappa shape index (κ2) is 6.72. The SMILES string of the molecule is CC1CCC(C(=O)O)CN1S(=O)(=O)c1cc2c(cc1[N+](=O)[O-])OCCO2. The first-order valence-corrected chi connectivity index (χ1v) is 9.48. The van der Waals surface area contributed by atoms with Gasteiger partial charge in [-0.25, -0.2) is 8.42 Å². The molecule has 26 heavy (non-hydrogen) atoms. The quantitative estimate of drug-likeness (QED) is 0.603. The number of hydrogen-bond donors (Lipinski definition) is 1. The Morgan fingerprint density at radius 2 is 1.88 bits per heavy atom. The lowest BCUT2D eigenvalue weighted by atomic mass is 9.96. The zero-order valence-electron chi connectivity index (χ0n) is 14.0. The summed E-state index contributed by atoms with van der Waals surface area (Å²) in [5.74, 6) is -1.72. The van der Waals surface area contributed by atoms with Crippen LogP contribution in [0.2, 0.25) is 0 Å². The number of sulfonamides is 1. The van der Waals surface area contributed by atoms with E-state index < -0.39 is 43.5 Å². The monoisotopic (exact) mass is 386 g/mol. The Bertz CT molecular complexity index is 853. The van der Waals surface area contributed by atoms with Gasteiger partial charge in [0, 0.05) is 18.7 Å². The molecule has 0 amide bonds. The van der Waals surface area contributed by atoms with Crippen molar-refractivity contribution < 1.29 is 32.7 Å². The summed E-state index contributed by atoms with van der Waals surface area (Å²) in [6.45, 7) is 1.83. The molecule has 0 aromatic heterocycles. The smallest absolute Gasteiger partial charge is 0.307 e. The van der Waals surface area contributed by atoms with Gasteiger partial charge in [0.15, 0.2) is 16.4 Å². The first-order valence-electron chi connectivity index (χ1n) is 8.04. The van der Waals surface area contributed by atoms with E-state index in [1.165, 1.54) is 0 Å². The summed E-state index contributed by atoms with van der Waals surface area (Å²) in [6.07, 6.45) is 0.709. The molecule has 1 aromatic rings. The minimum absolute atomic E-state index is 0.108. The molecule has 1 N–H and O–H groups in total. The molecule has 11 heteroatoms. The molecule has 1 saturated heterocycles. The van der Waals surface area contributed by atoms with Crippen molar-refractivity contribution in [2.75, 3.05) is 19.8 Å². The van der Waals surface area contributed by atoms with E-state index in [0.29, 0.717) is 12.8 Å². The molecule has 2 aliphatic rings. The Balaban J connectivity index is 2.08. The third-order valence-corrected chi connectivity index (χ3v) is 6.59. The Morgan fingerprint density at radius 1 is 1.27 bits per heavy atom. The molecule has 10 nitrogen and oxygen atoms in total. The molecule has 2 atom stereocenters. The highest BCUT2D eigenvalue weighted by Crippen LogP contribution is 2.40. The molecule has 0 aliphatic carbocycles. The number of nitro benzene ring substituents is 1. The molecule has 2 aliphatic heterocycles. The van der Waals surface area contributed by atoms with E-state index in [1.54, 1.807) is 6.92 Å². The van der Waals surface area contributed by atoms with Gasteiger partial charge in [-0.1, -0.05) is 0 Å². The van der Waals surface area contributed by atoms with Crippen LogP contribution in [0.15, 0.2) is 17.0 Å². The summed E-state index contributed by atoms with van der Waals surface area (Å²) in [4.78, 5) is 21.4. The Kier molecular flexibility index (Phi) is 4.76. The number of nitrogens with zero attached hydrogens (tertiary/aromatic N) is 2. The Hall–Kier alpha value is -2.40. The van der Waals surface area contributed by atoms with Crippen LogP contribution in [0.1, 0.15) is 19.8 Å². The number of ether oxygens (including phenoxy) is 2. The minimum atomic E-state index is -4.29. The minimum Gasteiger partial charge on any atom is -0.486 e. The zero-order chi connectivity index (χ0) is 19.1. The molecule has 3 rings (SSSR count). The lowest BCUT2D eigenvalue weighted by molar-refractivity contribution is -0.388. The maximum absolute atomic E-state index is 13.1. The number of rotatable bonds is 4. The van der Waals surface area contributed by atoms with Gasteiger partial charge in [-0.2, -0.15) is 4.31 Å². The highest BCUT2D eigenvalue weighted by molar-refractivity contribution is 7.89. The lowest BCUT2D eigenvalue weighted by Crippen LogP contribution is -2.47. The number of hydrogen-bond acceptors (Lipinski definition) is 7. The van der Waals surface area contributed by atoms with Crippen LogP contribution in [0.5, 0.6) is 11.5 Å². The van der Waals surface area contributed by atoms with Crippen molar-refractivity contribution >= 4 is 21.7 Å². The van der Waals surface area contributed by atoms with Crippen molar-refractivity contribution in [2.24, 2.45) is 5.92 Å². The summed E-state index contributed by atoms with van der Waals surface area (Å²) in [7, 11) is -4.29. The summed E-state index contributed by atoms with van der Waals surface area (Å²) < 4.78 is 37.9. The summed E-state index contributed by atoms with van der Waals surface area (Å²) in [5, 5.41) is 20.6. The molecular formula is C15H18N2O8S. The number of carboxylic acids is 1. The van der Waals surface area contributed by atoms with E-state index in [-0.39, 0.29) is 31.3 Å². The number of carboxylic acid groups (broad SMARTS) is 1. The zero-order valence-corrected chi connectivity index (χ0v) is 14.8. The second-order valence-corrected chi connectivity index (χ2v) is 8.12. The van der Waals surface area contributed by atoms with Crippen molar-refractivity contribution in [1.82, 2.24) is 4.31 Å². The maximum atomic E-state index is 13.1. The number of benzene rings is 1. The first kappa shape index (κ1) is 18.4. The third-order valence-electron chi connectivity index (χ3n) is 4.58. The normalized spacial score (nSPS) is 23.4. The maximum Gasteiger partial charge on any atom is 0.307 e. The Morgan fingerprint density at radius 3 is 2.46 bits per heavy atom. The molecule has 0 spiro atoms. The van der Waals surface area contributed by atoms with Gasteiger partial charge in [-0.15, -0.1) is 0 Å². The third kappa shape index (κ3) is 3.19. The Labute approximate surface area is 149 Å². The molecule has 0 radical (unpaired) electrons. The van der Waals surface area contributed by atoms with E-state index in [9.17, 15) is 28.4 Å². The molecule has 2 unspecified atom stereocenters. The number of fused-ring (bicyclic) bond motifs is 1. The van der Waals surface area contributed by atoms with Crippen LogP contribution in [0.25, 0.3) is 0 Å². The van der Waals surface area contributed by atoms with E-state index in [2.05, 4.69) is 0 Å². The second-order valence-electron chi connectivity index (χ2n) is 6.26. The van der Waals surface area contributed by atoms with Gasteiger partial charge in [0.1, 0.15) is 13.2 Å². The largest absolute Gasteiger partial charge is 0.486 e. The fourth-order valence-electron chi connectivity index (χ4n) is 3.15. The van der Waals surface area contributed by atoms with Crippen molar-refractivity contribution in [3.05, 3.63) is 22.2 Å². The van der Waals surface area contributed by atoms with Crippen LogP contribution in [0.3, 0.4) is 0 Å². The summed E-state index contributed by atoms with van der Waals surface area (Å²) >= 11 is 0. The van der Waals surface area contributed by atoms with Gasteiger partial charge in [-0.3, -0.25) is 14.9 Å². The summed E-state index contributed by atoms with van der Waals surface area (Å²) in [6, 6.07) is 1.65. The number of nitro groups is 1. The van der Waals surface area contributed by atoms with E-state index in [4.69, 9.17) is 9.47 Å². The van der Waals surface area contributed by atoms with Crippen molar-refractivity contribution in [3.63, 3.8) is 0 Å². The predicted molar refractivity (Wildman–Crippen MR) is 87.8 cm³/mol. The highest BCUT2D eigenvalue weighted by atomic mass is 32.2. The fraction of sp³-hybridized carbons (Fsp3) is 0.533. The average Bonchev–Trinajstić information content (AvgIpc) is 2.60. The molecule has 2 heterocycles. The van der Waals surface area contributed by atoms with Gasteiger partial charge in [0.05, 0.1) is 16.9 Å². The fourth-order valence-corrected chi connectivity index (χ4v) is 5.01. The van der Waals surface area contributed by atoms with Crippen molar-refractivity contribution in [2.45, 2.75) is 30.7 Å². The van der Waals surface area contributed by atoms with Gasteiger partial charge < -0.3 is 14.6 Å². The molecule has 0 saturated carbocycles. The van der Waals surface area contributed by atoms with Crippen LogP contribution in [-0.4, -0.2) is 54.5 Å². The van der Waals surface area contributed by atoms with Gasteiger partial charge in [-0.05, 0) is 19.8 Å². The van der Waals surface area contributed by atoms with Crippen LogP contribution in [0, 0.1) is 16.0 Å². The molecule has 142 valence electrons. The summed E-state index contributed by atoms with van der Waals surface area (Å²) in [5.41, 5.74) is -0.626. The van der Waals surface area contributed by atoms with Gasteiger partial charge in [0.2, 0.25) is 10.0 Å². The van der Waals surface area contributed by atoms with Crippen molar-refractivity contribution in [3.8, 4) is 11.5 Å². The molecule has 0 bridgehead atoms. The molecule has 1 fully saturated rings. The predicted octanol–water partition coefficient (Wildman–Crippen LogP) is 1.24. The standard InChI is InChI=1S/C15H18N2O8S/c1-9-2-3-10(15(18)19)8-16(9)26(22,23)14-7-13-12(24-4-5-25-13)6-11(14)17(20)21/h6-7,9-10H,2-5,8H2,1H3,(H,18,19). The number of piperidine rings is 1. The number of carbonyl (C=O) groups is 1. The number of aliphatic carboxylic acids is 1. The highest BCUT2D eigenvalue weighted by Gasteiger charge is 2.41. The van der Waals surface area contributed by atoms with Crippen LogP contribution in [-0.2, 0) is 14.8 Å². The van der Waals surface area contributed by atoms with Gasteiger partial charge >= 0.3 is 5.97 Å². The van der Waals surface area contributed by atoms with E-state index >= 15 is 0 Å². The molecular weight excluding hydrogens is 368 g/mol. The van der Waals surface area contributed by atoms with Crippen molar-refractivity contribution in [1.29, 1.82) is 0 Å². The van der Waals surface area contributed by atoms with E-state index in [0.717, 1.165) is 16.4 Å². The molecule has 1 aromatic carbocycles. The topological polar surface area (TPSA) is 136 Å².